The minimum atomic E-state index is -6.68. The fourth-order valence-corrected chi connectivity index (χ4v) is 10.1. The summed E-state index contributed by atoms with van der Waals surface area (Å²) in [5.41, 5.74) is 0. The van der Waals surface area contributed by atoms with Gasteiger partial charge in [0.15, 0.2) is 20.3 Å². The van der Waals surface area contributed by atoms with Gasteiger partial charge in [-0.1, -0.05) is 39.5 Å². The second-order valence-corrected chi connectivity index (χ2v) is 17.6. The smallest absolute Gasteiger partial charge is 0.808 e. The van der Waals surface area contributed by atoms with Gasteiger partial charge in [0.2, 0.25) is 5.08 Å². The molecule has 23 heteroatoms. The fourth-order valence-electron chi connectivity index (χ4n) is 3.31. The van der Waals surface area contributed by atoms with Crippen LogP contribution in [-0.4, -0.2) is 80.2 Å². The van der Waals surface area contributed by atoms with Crippen LogP contribution in [-0.2, 0) is 22.6 Å². The van der Waals surface area contributed by atoms with Crippen LogP contribution in [0.4, 0.5) is 0 Å². The molecule has 0 aliphatic heterocycles. The molecule has 0 aromatic heterocycles. The van der Waals surface area contributed by atoms with Crippen molar-refractivity contribution >= 4 is 30.4 Å². The van der Waals surface area contributed by atoms with Gasteiger partial charge in [-0.15, -0.1) is 0 Å². The molecule has 224 valence electrons. The number of aliphatic hydroxyl groups is 2. The van der Waals surface area contributed by atoms with E-state index < -0.39 is 66.5 Å². The predicted molar refractivity (Wildman–Crippen MR) is 129 cm³/mol. The van der Waals surface area contributed by atoms with E-state index in [1.54, 1.807) is 0 Å². The van der Waals surface area contributed by atoms with E-state index in [4.69, 9.17) is 0 Å². The molecule has 4 atom stereocenters. The summed E-state index contributed by atoms with van der Waals surface area (Å²) in [6.07, 6.45) is 2.02. The predicted octanol–water partition coefficient (Wildman–Crippen LogP) is -12.5. The van der Waals surface area contributed by atoms with Gasteiger partial charge in [-0.25, -0.2) is 0 Å². The average Bonchev–Trinajstić information content (AvgIpc) is 2.73. The average molecular weight is 708 g/mol. The molecule has 0 aliphatic rings. The summed E-state index contributed by atoms with van der Waals surface area (Å²) in [5, 5.41) is 12.5. The van der Waals surface area contributed by atoms with E-state index in [9.17, 15) is 57.8 Å². The summed E-state index contributed by atoms with van der Waals surface area (Å²) in [5.74, 6) is 0. The maximum atomic E-state index is 12.7. The minimum absolute atomic E-state index is 0. The molecule has 0 heterocycles. The van der Waals surface area contributed by atoms with Crippen LogP contribution in [0, 0.1) is 0 Å². The summed E-state index contributed by atoms with van der Waals surface area (Å²) in [6.45, 7) is 3.61. The Hall–Kier alpha value is 4.48. The first-order valence-corrected chi connectivity index (χ1v) is 18.1. The Morgan fingerprint density at radius 1 is 0.634 bits per heavy atom. The van der Waals surface area contributed by atoms with Crippen molar-refractivity contribution in [3.8, 4) is 0 Å². The quantitative estimate of drug-likeness (QED) is 0.0520. The Labute approximate surface area is 331 Å². The maximum absolute atomic E-state index is 12.7. The van der Waals surface area contributed by atoms with E-state index in [1.807, 2.05) is 13.8 Å². The van der Waals surface area contributed by atoms with Crippen LogP contribution >= 0.6 is 30.4 Å². The first-order chi connectivity index (χ1) is 16.6. The van der Waals surface area contributed by atoms with E-state index >= 15 is 0 Å². The Bertz CT molecular complexity index is 846. The Kier molecular flexibility index (Phi) is 31.8. The molecule has 0 saturated carbocycles. The Morgan fingerprint density at radius 3 is 1.24 bits per heavy atom. The first-order valence-electron chi connectivity index (χ1n) is 11.8. The zero-order valence-electron chi connectivity index (χ0n) is 25.6. The fraction of sp³-hybridized carbons (Fsp3) is 1.00. The summed E-state index contributed by atoms with van der Waals surface area (Å²) in [6, 6.07) is 0. The summed E-state index contributed by atoms with van der Waals surface area (Å²) < 4.78 is 53.1. The van der Waals surface area contributed by atoms with Gasteiger partial charge in [0.05, 0.1) is 0 Å². The molecule has 0 aromatic rings. The number of rotatable bonds is 20. The van der Waals surface area contributed by atoms with Crippen LogP contribution in [0.2, 0.25) is 0 Å². The maximum Gasteiger partial charge on any atom is 1.00 e. The standard InChI is InChI=1S/C18H44N2O13P4.4Na/c1-5-7-9-13-19(3)15-11-17(21,34(23,24)25)36(29,30)33-37(31,32)18(22,35(26,27)28)12-16-20(4)14-10-8-6-2;;;;/h21-22H,5-16H2,1-4H3,(H,29,30)(H,31,32)(H2,23,24,25)(H2,26,27,28);;;;/q;4*+1/p-4. The molecule has 0 saturated heterocycles. The third-order valence-electron chi connectivity index (χ3n) is 5.94. The zero-order valence-corrected chi connectivity index (χ0v) is 37.2. The van der Waals surface area contributed by atoms with Crippen LogP contribution in [0.1, 0.15) is 65.2 Å². The molecule has 4 unspecified atom stereocenters. The van der Waals surface area contributed by atoms with Gasteiger partial charge in [0, 0.05) is 25.9 Å². The second-order valence-electron chi connectivity index (χ2n) is 9.19. The van der Waals surface area contributed by atoms with E-state index in [2.05, 4.69) is 4.31 Å². The molecule has 0 amide bonds. The largest absolute Gasteiger partial charge is 1.00 e. The van der Waals surface area contributed by atoms with Crippen molar-refractivity contribution in [1.82, 2.24) is 9.80 Å². The van der Waals surface area contributed by atoms with Crippen LogP contribution < -0.4 is 138 Å². The third kappa shape index (κ3) is 17.1. The zero-order chi connectivity index (χ0) is 29.3. The molecule has 0 aromatic carbocycles. The number of hydrogen-bond acceptors (Lipinski definition) is 13. The molecule has 0 aliphatic carbocycles. The molecular formula is C18H40N2Na4O13P4. The van der Waals surface area contributed by atoms with Crippen molar-refractivity contribution in [2.45, 2.75) is 75.4 Å². The molecule has 41 heavy (non-hydrogen) atoms. The number of nitrogens with zero attached hydrogens (tertiary/aromatic N) is 2. The van der Waals surface area contributed by atoms with Crippen LogP contribution in [0.25, 0.3) is 0 Å². The van der Waals surface area contributed by atoms with Gasteiger partial charge in [0.25, 0.3) is 0 Å². The molecule has 15 nitrogen and oxygen atoms in total. The van der Waals surface area contributed by atoms with Gasteiger partial charge < -0.3 is 63.1 Å². The van der Waals surface area contributed by atoms with Crippen LogP contribution in [0.3, 0.4) is 0 Å². The van der Waals surface area contributed by atoms with Crippen molar-refractivity contribution in [1.29, 1.82) is 0 Å². The molecule has 0 spiro atoms. The third-order valence-corrected chi connectivity index (χ3v) is 15.1. The van der Waals surface area contributed by atoms with Crippen molar-refractivity contribution < 1.29 is 180 Å². The molecule has 0 bridgehead atoms. The number of hydrogen-bond donors (Lipinski definition) is 4. The van der Waals surface area contributed by atoms with E-state index in [-0.39, 0.29) is 118 Å². The van der Waals surface area contributed by atoms with Gasteiger partial charge >= 0.3 is 126 Å². The van der Waals surface area contributed by atoms with Gasteiger partial charge in [-0.05, 0) is 47.6 Å². The number of unbranched alkanes of at least 4 members (excludes halogenated alkanes) is 4. The van der Waals surface area contributed by atoms with E-state index in [0.717, 1.165) is 25.7 Å². The van der Waals surface area contributed by atoms with Gasteiger partial charge in [-0.3, -0.25) is 8.88 Å². The minimum Gasteiger partial charge on any atom is -0.808 e. The Balaban J connectivity index is -0.00000108. The monoisotopic (exact) mass is 708 g/mol. The normalized spacial score (nSPS) is 17.9. The van der Waals surface area contributed by atoms with E-state index in [1.165, 1.54) is 23.9 Å². The van der Waals surface area contributed by atoms with Crippen molar-refractivity contribution in [2.24, 2.45) is 0 Å². The molecule has 0 rings (SSSR count). The van der Waals surface area contributed by atoms with Crippen molar-refractivity contribution in [3.05, 3.63) is 0 Å². The van der Waals surface area contributed by atoms with Gasteiger partial charge in [0.1, 0.15) is 0 Å². The van der Waals surface area contributed by atoms with Crippen LogP contribution in [0.5, 0.6) is 0 Å². The topological polar surface area (TPSA) is 257 Å². The van der Waals surface area contributed by atoms with Crippen molar-refractivity contribution in [2.75, 3.05) is 40.3 Å². The molecule has 0 radical (unpaired) electrons. The second kappa shape index (κ2) is 23.8. The first kappa shape index (κ1) is 54.9. The van der Waals surface area contributed by atoms with Gasteiger partial charge in [-0.2, -0.15) is 0 Å². The molecular weight excluding hydrogens is 668 g/mol. The molecule has 0 fully saturated rings. The summed E-state index contributed by atoms with van der Waals surface area (Å²) in [4.78, 5) is 71.0. The Morgan fingerprint density at radius 2 is 0.951 bits per heavy atom. The van der Waals surface area contributed by atoms with Crippen LogP contribution in [0.15, 0.2) is 0 Å². The van der Waals surface area contributed by atoms with Crippen molar-refractivity contribution in [3.63, 3.8) is 0 Å². The SMILES string of the molecule is CCCCCN(C)CCC(O)(P(=O)([O-])[O-])P(=O)([O-])OP(=O)([O-])C(O)(CCN(C)CCCCC)P(=O)(O)O.[Na+].[Na+].[Na+].[Na+]. The summed E-state index contributed by atoms with van der Waals surface area (Å²) in [7, 11) is -23.0. The van der Waals surface area contributed by atoms with E-state index in [0.29, 0.717) is 25.9 Å². The summed E-state index contributed by atoms with van der Waals surface area (Å²) >= 11 is 0. The molecule has 4 N–H and O–H groups in total.